The molecule has 3 aromatic carbocycles. The van der Waals surface area contributed by atoms with Gasteiger partial charge in [-0.2, -0.15) is 0 Å². The van der Waals surface area contributed by atoms with Gasteiger partial charge in [0.15, 0.2) is 11.5 Å². The van der Waals surface area contributed by atoms with Crippen LogP contribution in [-0.2, 0) is 4.79 Å². The second kappa shape index (κ2) is 8.21. The fraction of sp³-hybridized carbons (Fsp3) is 0.0833. The normalized spacial score (nSPS) is 11.8. The summed E-state index contributed by atoms with van der Waals surface area (Å²) in [4.78, 5) is 25.1. The molecule has 30 heavy (non-hydrogen) atoms. The second-order valence-electron chi connectivity index (χ2n) is 6.76. The quantitative estimate of drug-likeness (QED) is 0.509. The first-order valence-electron chi connectivity index (χ1n) is 9.35. The van der Waals surface area contributed by atoms with Crippen molar-refractivity contribution in [1.82, 2.24) is 0 Å². The van der Waals surface area contributed by atoms with Gasteiger partial charge >= 0.3 is 0 Å². The molecule has 1 N–H and O–H groups in total. The van der Waals surface area contributed by atoms with E-state index in [1.165, 1.54) is 30.5 Å². The van der Waals surface area contributed by atoms with Crippen LogP contribution >= 0.6 is 0 Å². The van der Waals surface area contributed by atoms with E-state index in [4.69, 9.17) is 9.15 Å². The number of hydrogen-bond acceptors (Lipinski definition) is 4. The van der Waals surface area contributed by atoms with Gasteiger partial charge in [0.2, 0.25) is 0 Å². The summed E-state index contributed by atoms with van der Waals surface area (Å²) in [5, 5.41) is 3.08. The van der Waals surface area contributed by atoms with Crippen molar-refractivity contribution in [2.45, 2.75) is 13.0 Å². The summed E-state index contributed by atoms with van der Waals surface area (Å²) in [6, 6.07) is 19.5. The molecule has 1 heterocycles. The fourth-order valence-electron chi connectivity index (χ4n) is 3.03. The van der Waals surface area contributed by atoms with E-state index in [-0.39, 0.29) is 17.2 Å². The molecular weight excluding hydrogens is 385 g/mol. The van der Waals surface area contributed by atoms with Gasteiger partial charge in [0.25, 0.3) is 5.91 Å². The third kappa shape index (κ3) is 4.07. The molecule has 0 aliphatic carbocycles. The SMILES string of the molecule is C[C@H](Oc1ccc2c(=O)c(-c3ccccc3)coc2c1)C(=O)Nc1ccc(F)cc1. The Kier molecular flexibility index (Phi) is 5.30. The van der Waals surface area contributed by atoms with Crippen molar-refractivity contribution in [2.75, 3.05) is 5.32 Å². The summed E-state index contributed by atoms with van der Waals surface area (Å²) in [6.07, 6.45) is 0.608. The maximum atomic E-state index is 13.0. The van der Waals surface area contributed by atoms with E-state index >= 15 is 0 Å². The van der Waals surface area contributed by atoms with Crippen molar-refractivity contribution >= 4 is 22.6 Å². The Morgan fingerprint density at radius 1 is 1.03 bits per heavy atom. The molecule has 0 fully saturated rings. The zero-order valence-corrected chi connectivity index (χ0v) is 16.1. The van der Waals surface area contributed by atoms with Gasteiger partial charge in [-0.3, -0.25) is 9.59 Å². The molecule has 0 aliphatic heterocycles. The van der Waals surface area contributed by atoms with Crippen LogP contribution in [0.4, 0.5) is 10.1 Å². The molecule has 1 aromatic heterocycles. The van der Waals surface area contributed by atoms with E-state index < -0.39 is 6.10 Å². The number of ether oxygens (including phenoxy) is 1. The van der Waals surface area contributed by atoms with Gasteiger partial charge < -0.3 is 14.5 Å². The minimum Gasteiger partial charge on any atom is -0.481 e. The molecule has 0 radical (unpaired) electrons. The van der Waals surface area contributed by atoms with Crippen LogP contribution in [0.15, 0.2) is 88.3 Å². The van der Waals surface area contributed by atoms with Crippen LogP contribution in [0, 0.1) is 5.82 Å². The molecule has 6 heteroatoms. The van der Waals surface area contributed by atoms with Gasteiger partial charge in [-0.15, -0.1) is 0 Å². The zero-order valence-electron chi connectivity index (χ0n) is 16.1. The monoisotopic (exact) mass is 403 g/mol. The lowest BCUT2D eigenvalue weighted by Gasteiger charge is -2.15. The Balaban J connectivity index is 1.53. The van der Waals surface area contributed by atoms with E-state index in [0.717, 1.165) is 5.56 Å². The molecule has 0 saturated heterocycles. The van der Waals surface area contributed by atoms with Gasteiger partial charge in [-0.25, -0.2) is 4.39 Å². The van der Waals surface area contributed by atoms with Crippen molar-refractivity contribution in [3.8, 4) is 16.9 Å². The highest BCUT2D eigenvalue weighted by Gasteiger charge is 2.16. The fourth-order valence-corrected chi connectivity index (χ4v) is 3.03. The number of carbonyl (C=O) groups excluding carboxylic acids is 1. The number of nitrogens with one attached hydrogen (secondary N) is 1. The predicted octanol–water partition coefficient (Wildman–Crippen LogP) is 5.01. The van der Waals surface area contributed by atoms with Gasteiger partial charge in [0.05, 0.1) is 10.9 Å². The third-order valence-corrected chi connectivity index (χ3v) is 4.62. The molecule has 1 amide bonds. The van der Waals surface area contributed by atoms with Crippen LogP contribution in [0.5, 0.6) is 5.75 Å². The lowest BCUT2D eigenvalue weighted by Crippen LogP contribution is -2.30. The lowest BCUT2D eigenvalue weighted by atomic mass is 10.1. The highest BCUT2D eigenvalue weighted by atomic mass is 19.1. The average Bonchev–Trinajstić information content (AvgIpc) is 2.76. The van der Waals surface area contributed by atoms with Crippen molar-refractivity contribution in [3.63, 3.8) is 0 Å². The van der Waals surface area contributed by atoms with Gasteiger partial charge in [0.1, 0.15) is 23.4 Å². The molecule has 0 aliphatic rings. The second-order valence-corrected chi connectivity index (χ2v) is 6.76. The first kappa shape index (κ1) is 19.4. The Morgan fingerprint density at radius 3 is 2.50 bits per heavy atom. The van der Waals surface area contributed by atoms with Crippen LogP contribution < -0.4 is 15.5 Å². The first-order chi connectivity index (χ1) is 14.5. The van der Waals surface area contributed by atoms with Crippen LogP contribution in [0.25, 0.3) is 22.1 Å². The number of amides is 1. The maximum Gasteiger partial charge on any atom is 0.265 e. The van der Waals surface area contributed by atoms with E-state index in [9.17, 15) is 14.0 Å². The minimum atomic E-state index is -0.817. The summed E-state index contributed by atoms with van der Waals surface area (Å²) in [7, 11) is 0. The number of benzene rings is 3. The van der Waals surface area contributed by atoms with Crippen molar-refractivity contribution < 1.29 is 18.3 Å². The molecule has 4 rings (SSSR count). The van der Waals surface area contributed by atoms with E-state index in [1.54, 1.807) is 25.1 Å². The zero-order chi connectivity index (χ0) is 21.1. The van der Waals surface area contributed by atoms with Crippen molar-refractivity contribution in [1.29, 1.82) is 0 Å². The Morgan fingerprint density at radius 2 is 1.77 bits per heavy atom. The number of anilines is 1. The summed E-state index contributed by atoms with van der Waals surface area (Å²) in [5.74, 6) is -0.382. The molecule has 0 unspecified atom stereocenters. The Labute approximate surface area is 171 Å². The molecule has 1 atom stereocenters. The van der Waals surface area contributed by atoms with E-state index in [2.05, 4.69) is 5.32 Å². The predicted molar refractivity (Wildman–Crippen MR) is 113 cm³/mol. The maximum absolute atomic E-state index is 13.0. The number of hydrogen-bond donors (Lipinski definition) is 1. The summed E-state index contributed by atoms with van der Waals surface area (Å²) in [6.45, 7) is 1.59. The number of fused-ring (bicyclic) bond motifs is 1. The molecule has 5 nitrogen and oxygen atoms in total. The topological polar surface area (TPSA) is 68.5 Å². The number of halogens is 1. The summed E-state index contributed by atoms with van der Waals surface area (Å²) >= 11 is 0. The number of rotatable bonds is 5. The van der Waals surface area contributed by atoms with Crippen LogP contribution in [0.1, 0.15) is 6.92 Å². The van der Waals surface area contributed by atoms with Crippen molar-refractivity contribution in [2.24, 2.45) is 0 Å². The average molecular weight is 403 g/mol. The Bertz CT molecular complexity index is 1250. The molecule has 0 bridgehead atoms. The lowest BCUT2D eigenvalue weighted by molar-refractivity contribution is -0.122. The van der Waals surface area contributed by atoms with Gasteiger partial charge in [0, 0.05) is 11.8 Å². The smallest absolute Gasteiger partial charge is 0.265 e. The third-order valence-electron chi connectivity index (χ3n) is 4.62. The van der Waals surface area contributed by atoms with Crippen LogP contribution in [0.2, 0.25) is 0 Å². The molecule has 150 valence electrons. The summed E-state index contributed by atoms with van der Waals surface area (Å²) in [5.41, 5.74) is 1.94. The van der Waals surface area contributed by atoms with Gasteiger partial charge in [-0.05, 0) is 48.9 Å². The van der Waals surface area contributed by atoms with E-state index in [1.807, 2.05) is 30.3 Å². The molecular formula is C24H18FNO4. The standard InChI is InChI=1S/C24H18FNO4/c1-15(24(28)26-18-9-7-17(25)8-10-18)30-19-11-12-20-22(13-19)29-14-21(23(20)27)16-5-3-2-4-6-16/h2-15H,1H3,(H,26,28)/t15-/m0/s1. The largest absolute Gasteiger partial charge is 0.481 e. The number of carbonyl (C=O) groups is 1. The highest BCUT2D eigenvalue weighted by Crippen LogP contribution is 2.24. The van der Waals surface area contributed by atoms with Gasteiger partial charge in [-0.1, -0.05) is 30.3 Å². The minimum absolute atomic E-state index is 0.142. The first-order valence-corrected chi connectivity index (χ1v) is 9.35. The van der Waals surface area contributed by atoms with Crippen molar-refractivity contribution in [3.05, 3.63) is 95.1 Å². The highest BCUT2D eigenvalue weighted by molar-refractivity contribution is 5.94. The Hall–Kier alpha value is -3.93. The van der Waals surface area contributed by atoms with Crippen LogP contribution in [-0.4, -0.2) is 12.0 Å². The molecule has 0 saturated carbocycles. The summed E-state index contributed by atoms with van der Waals surface area (Å²) < 4.78 is 24.3. The van der Waals surface area contributed by atoms with E-state index in [0.29, 0.717) is 28.0 Å². The van der Waals surface area contributed by atoms with Crippen LogP contribution in [0.3, 0.4) is 0 Å². The molecule has 0 spiro atoms. The molecule has 4 aromatic rings.